The summed E-state index contributed by atoms with van der Waals surface area (Å²) in [7, 11) is 0. The van der Waals surface area contributed by atoms with Crippen molar-refractivity contribution in [2.24, 2.45) is 0 Å². The van der Waals surface area contributed by atoms with Gasteiger partial charge in [0.05, 0.1) is 38.8 Å². The maximum Gasteiger partial charge on any atom is 0.351 e. The Balaban J connectivity index is 1.34. The smallest absolute Gasteiger partial charge is 0.351 e. The maximum atomic E-state index is 16.0. The number of unbranched alkanes of at least 4 members (excludes halogenated alkanes) is 9. The molecule has 0 atom stereocenters. The van der Waals surface area contributed by atoms with Crippen LogP contribution in [0.5, 0.6) is 11.5 Å². The minimum absolute atomic E-state index is 0.0707. The van der Waals surface area contributed by atoms with E-state index in [4.69, 9.17) is 14.2 Å². The van der Waals surface area contributed by atoms with Crippen LogP contribution in [0.25, 0.3) is 40.0 Å². The molecule has 0 radical (unpaired) electrons. The molecule has 9 heteroatoms. The summed E-state index contributed by atoms with van der Waals surface area (Å²) in [5, 5.41) is 2.56. The van der Waals surface area contributed by atoms with E-state index >= 15 is 4.39 Å². The summed E-state index contributed by atoms with van der Waals surface area (Å²) >= 11 is 6.08. The number of aryl methyl sites for hydroxylation is 2. The summed E-state index contributed by atoms with van der Waals surface area (Å²) in [6.07, 6.45) is 12.1. The minimum Gasteiger partial charge on any atom is -0.492 e. The highest BCUT2D eigenvalue weighted by Gasteiger charge is 2.28. The molecule has 4 heterocycles. The van der Waals surface area contributed by atoms with Crippen LogP contribution >= 0.6 is 45.3 Å². The third-order valence-electron chi connectivity index (χ3n) is 7.86. The molecule has 0 amide bonds. The van der Waals surface area contributed by atoms with Gasteiger partial charge in [0, 0.05) is 30.8 Å². The number of benzene rings is 1. The standard InChI is InChI=1S/C35H43FO4S4/c1-6-9-10-11-12-13-14-15-16-17-18-40-35(37)34-27(36)26-30(44-34)22(5)42-33(26)25-20-24-29(39-8-3)31-23(19-21(4)41-31)28(38-7-2)32(24)43-25/h19-20H,6-18H2,1-5H3. The fourth-order valence-corrected chi connectivity index (χ4v) is 10.4. The van der Waals surface area contributed by atoms with Crippen molar-refractivity contribution in [3.8, 4) is 21.3 Å². The number of thiophene rings is 4. The van der Waals surface area contributed by atoms with Crippen molar-refractivity contribution in [3.63, 3.8) is 0 Å². The van der Waals surface area contributed by atoms with Gasteiger partial charge in [-0.2, -0.15) is 0 Å². The van der Waals surface area contributed by atoms with E-state index < -0.39 is 11.8 Å². The average molecular weight is 675 g/mol. The Bertz CT molecular complexity index is 1660. The largest absolute Gasteiger partial charge is 0.492 e. The van der Waals surface area contributed by atoms with Crippen molar-refractivity contribution < 1.29 is 23.4 Å². The lowest BCUT2D eigenvalue weighted by atomic mass is 10.1. The number of hydrogen-bond donors (Lipinski definition) is 0. The molecule has 4 aromatic heterocycles. The van der Waals surface area contributed by atoms with E-state index in [0.717, 1.165) is 70.3 Å². The van der Waals surface area contributed by atoms with Crippen LogP contribution in [0.15, 0.2) is 12.1 Å². The van der Waals surface area contributed by atoms with Crippen LogP contribution in [0.3, 0.4) is 0 Å². The topological polar surface area (TPSA) is 44.8 Å². The van der Waals surface area contributed by atoms with Crippen molar-refractivity contribution in [1.29, 1.82) is 0 Å². The molecular weight excluding hydrogens is 632 g/mol. The van der Waals surface area contributed by atoms with Gasteiger partial charge in [-0.3, -0.25) is 0 Å². The fourth-order valence-electron chi connectivity index (χ4n) is 5.75. The minimum atomic E-state index is -0.556. The highest BCUT2D eigenvalue weighted by atomic mass is 32.1. The zero-order chi connectivity index (χ0) is 31.2. The second-order valence-electron chi connectivity index (χ2n) is 11.2. The summed E-state index contributed by atoms with van der Waals surface area (Å²) in [5.74, 6) is 0.682. The molecule has 0 spiro atoms. The van der Waals surface area contributed by atoms with Crippen LogP contribution in [0.4, 0.5) is 4.39 Å². The van der Waals surface area contributed by atoms with Gasteiger partial charge in [0.15, 0.2) is 5.82 Å². The van der Waals surface area contributed by atoms with Gasteiger partial charge in [0.2, 0.25) is 0 Å². The van der Waals surface area contributed by atoms with E-state index in [1.54, 1.807) is 34.0 Å². The SMILES string of the molecule is CCCCCCCCCCCCOC(=O)c1sc2c(C)sc(-c3cc4c(OCC)c5sc(C)cc5c(OCC)c4s3)c2c1F. The molecule has 5 rings (SSSR count). The highest BCUT2D eigenvalue weighted by molar-refractivity contribution is 7.30. The maximum absolute atomic E-state index is 16.0. The quantitative estimate of drug-likeness (QED) is 0.0727. The second kappa shape index (κ2) is 15.4. The van der Waals surface area contributed by atoms with Gasteiger partial charge in [-0.25, -0.2) is 9.18 Å². The molecule has 0 aliphatic heterocycles. The van der Waals surface area contributed by atoms with Gasteiger partial charge in [-0.05, 0) is 46.2 Å². The van der Waals surface area contributed by atoms with Crippen LogP contribution in [0, 0.1) is 19.7 Å². The number of rotatable bonds is 17. The van der Waals surface area contributed by atoms with E-state index in [0.29, 0.717) is 25.2 Å². The molecule has 44 heavy (non-hydrogen) atoms. The Morgan fingerprint density at radius 1 is 0.727 bits per heavy atom. The molecule has 0 aliphatic carbocycles. The summed E-state index contributed by atoms with van der Waals surface area (Å²) in [5.41, 5.74) is 0. The monoisotopic (exact) mass is 674 g/mol. The van der Waals surface area contributed by atoms with E-state index in [-0.39, 0.29) is 4.88 Å². The Labute approximate surface area is 276 Å². The average Bonchev–Trinajstić information content (AvgIpc) is 3.77. The van der Waals surface area contributed by atoms with Gasteiger partial charge in [0.25, 0.3) is 0 Å². The Morgan fingerprint density at radius 3 is 1.95 bits per heavy atom. The van der Waals surface area contributed by atoms with Gasteiger partial charge >= 0.3 is 5.97 Å². The second-order valence-corrected chi connectivity index (χ2v) is 15.8. The summed E-state index contributed by atoms with van der Waals surface area (Å²) in [6.45, 7) is 11.7. The number of fused-ring (bicyclic) bond motifs is 3. The first-order valence-corrected chi connectivity index (χ1v) is 19.3. The molecule has 0 aliphatic rings. The van der Waals surface area contributed by atoms with Crippen LogP contribution in [0.1, 0.15) is 104 Å². The van der Waals surface area contributed by atoms with Crippen molar-refractivity contribution in [2.75, 3.05) is 19.8 Å². The van der Waals surface area contributed by atoms with Gasteiger partial charge in [0.1, 0.15) is 16.4 Å². The van der Waals surface area contributed by atoms with E-state index in [1.165, 1.54) is 61.2 Å². The number of carbonyl (C=O) groups excluding carboxylic acids is 1. The Hall–Kier alpha value is -2.20. The predicted octanol–water partition coefficient (Wildman–Crippen LogP) is 12.7. The van der Waals surface area contributed by atoms with Crippen LogP contribution in [0.2, 0.25) is 0 Å². The third-order valence-corrected chi connectivity index (χ3v) is 12.7. The third kappa shape index (κ3) is 6.96. The first kappa shape index (κ1) is 33.2. The molecule has 0 fully saturated rings. The van der Waals surface area contributed by atoms with Crippen molar-refractivity contribution in [2.45, 2.75) is 98.8 Å². The highest BCUT2D eigenvalue weighted by Crippen LogP contribution is 2.54. The van der Waals surface area contributed by atoms with Gasteiger partial charge in [-0.15, -0.1) is 45.3 Å². The molecular formula is C35H43FO4S4. The van der Waals surface area contributed by atoms with Gasteiger partial charge in [-0.1, -0.05) is 64.7 Å². The molecule has 238 valence electrons. The van der Waals surface area contributed by atoms with Crippen molar-refractivity contribution in [1.82, 2.24) is 0 Å². The summed E-state index contributed by atoms with van der Waals surface area (Å²) in [6, 6.07) is 4.26. The number of esters is 1. The first-order chi connectivity index (χ1) is 21.4. The lowest BCUT2D eigenvalue weighted by Gasteiger charge is -2.11. The molecule has 0 N–H and O–H groups in total. The first-order valence-electron chi connectivity index (χ1n) is 16.0. The molecule has 4 nitrogen and oxygen atoms in total. The van der Waals surface area contributed by atoms with Crippen molar-refractivity contribution in [3.05, 3.63) is 32.6 Å². The van der Waals surface area contributed by atoms with Crippen molar-refractivity contribution >= 4 is 81.6 Å². The van der Waals surface area contributed by atoms with Crippen LogP contribution in [-0.2, 0) is 4.74 Å². The summed E-state index contributed by atoms with van der Waals surface area (Å²) in [4.78, 5) is 17.0. The lowest BCUT2D eigenvalue weighted by Crippen LogP contribution is -2.06. The zero-order valence-corrected chi connectivity index (χ0v) is 29.8. The lowest BCUT2D eigenvalue weighted by molar-refractivity contribution is 0.0499. The van der Waals surface area contributed by atoms with E-state index in [9.17, 15) is 4.79 Å². The Morgan fingerprint density at radius 2 is 1.32 bits per heavy atom. The van der Waals surface area contributed by atoms with Gasteiger partial charge < -0.3 is 14.2 Å². The van der Waals surface area contributed by atoms with E-state index in [2.05, 4.69) is 26.0 Å². The van der Waals surface area contributed by atoms with Crippen LogP contribution in [-0.4, -0.2) is 25.8 Å². The molecule has 0 unspecified atom stereocenters. The molecule has 0 saturated heterocycles. The fraction of sp³-hybridized carbons (Fsp3) is 0.514. The summed E-state index contributed by atoms with van der Waals surface area (Å²) < 4.78 is 36.9. The van der Waals surface area contributed by atoms with Crippen LogP contribution < -0.4 is 9.47 Å². The normalized spacial score (nSPS) is 11.8. The van der Waals surface area contributed by atoms with E-state index in [1.807, 2.05) is 20.8 Å². The number of carbonyl (C=O) groups is 1. The number of halogens is 1. The number of hydrogen-bond acceptors (Lipinski definition) is 8. The number of ether oxygens (including phenoxy) is 3. The Kier molecular flexibility index (Phi) is 11.6. The molecule has 5 aromatic rings. The molecule has 1 aromatic carbocycles. The molecule has 0 bridgehead atoms. The predicted molar refractivity (Wildman–Crippen MR) is 190 cm³/mol. The zero-order valence-electron chi connectivity index (χ0n) is 26.5. The molecule has 0 saturated carbocycles.